The second kappa shape index (κ2) is 6.33. The van der Waals surface area contributed by atoms with Crippen LogP contribution in [0.25, 0.3) is 0 Å². The summed E-state index contributed by atoms with van der Waals surface area (Å²) in [4.78, 5) is 8.45. The van der Waals surface area contributed by atoms with E-state index in [0.717, 1.165) is 0 Å². The number of anilines is 1. The molecule has 0 amide bonds. The van der Waals surface area contributed by atoms with Crippen molar-refractivity contribution >= 4 is 21.9 Å². The highest BCUT2D eigenvalue weighted by atomic mass is 79.9. The number of ether oxygens (including phenoxy) is 1. The number of aromatic nitrogens is 2. The molecular formula is C12H20BrN3O2. The van der Waals surface area contributed by atoms with E-state index < -0.39 is 0 Å². The minimum Gasteiger partial charge on any atom is -0.480 e. The number of aliphatic hydroxyl groups excluding tert-OH is 1. The van der Waals surface area contributed by atoms with Crippen LogP contribution in [0.4, 0.5) is 5.95 Å². The summed E-state index contributed by atoms with van der Waals surface area (Å²) in [5.41, 5.74) is 0.00635. The van der Waals surface area contributed by atoms with Gasteiger partial charge in [0, 0.05) is 12.6 Å². The van der Waals surface area contributed by atoms with E-state index in [0.29, 0.717) is 22.7 Å². The Balaban J connectivity index is 2.87. The fourth-order valence-electron chi connectivity index (χ4n) is 1.57. The largest absolute Gasteiger partial charge is 0.480 e. The van der Waals surface area contributed by atoms with Crippen LogP contribution in [-0.4, -0.2) is 34.8 Å². The Bertz CT molecular complexity index is 393. The van der Waals surface area contributed by atoms with Crippen LogP contribution < -0.4 is 10.1 Å². The number of nitrogens with one attached hydrogen (secondary N) is 1. The first-order valence-electron chi connectivity index (χ1n) is 5.82. The third-order valence-electron chi connectivity index (χ3n) is 2.67. The number of hydrogen-bond donors (Lipinski definition) is 2. The molecule has 0 aliphatic carbocycles. The molecule has 1 atom stereocenters. The van der Waals surface area contributed by atoms with E-state index in [1.807, 2.05) is 0 Å². The predicted molar refractivity (Wildman–Crippen MR) is 74.9 cm³/mol. The zero-order chi connectivity index (χ0) is 13.8. The molecule has 0 spiro atoms. The van der Waals surface area contributed by atoms with E-state index in [-0.39, 0.29) is 18.1 Å². The molecule has 0 saturated heterocycles. The van der Waals surface area contributed by atoms with Gasteiger partial charge in [-0.15, -0.1) is 0 Å². The minimum absolute atomic E-state index is 0.00635. The average molecular weight is 318 g/mol. The maximum Gasteiger partial charge on any atom is 0.232 e. The second-order valence-corrected chi connectivity index (χ2v) is 5.98. The van der Waals surface area contributed by atoms with Crippen molar-refractivity contribution in [1.82, 2.24) is 9.97 Å². The van der Waals surface area contributed by atoms with Gasteiger partial charge in [0.25, 0.3) is 0 Å². The lowest BCUT2D eigenvalue weighted by Gasteiger charge is -2.31. The first kappa shape index (κ1) is 15.2. The zero-order valence-electron chi connectivity index (χ0n) is 11.2. The molecule has 0 aliphatic heterocycles. The summed E-state index contributed by atoms with van der Waals surface area (Å²) >= 11 is 3.31. The average Bonchev–Trinajstić information content (AvgIpc) is 2.29. The molecule has 0 fully saturated rings. The minimum atomic E-state index is 0.00635. The third-order valence-corrected chi connectivity index (χ3v) is 3.22. The van der Waals surface area contributed by atoms with Crippen LogP contribution in [0.2, 0.25) is 0 Å². The van der Waals surface area contributed by atoms with Crippen molar-refractivity contribution in [3.8, 4) is 5.88 Å². The van der Waals surface area contributed by atoms with Crippen LogP contribution in [0.1, 0.15) is 27.2 Å². The number of aliphatic hydroxyl groups is 1. The summed E-state index contributed by atoms with van der Waals surface area (Å²) in [6.07, 6.45) is 2.29. The van der Waals surface area contributed by atoms with Gasteiger partial charge >= 0.3 is 0 Å². The lowest BCUT2D eigenvalue weighted by molar-refractivity contribution is 0.234. The number of halogens is 1. The van der Waals surface area contributed by atoms with Crippen molar-refractivity contribution in [2.75, 3.05) is 19.0 Å². The molecule has 5 nitrogen and oxygen atoms in total. The SMILES string of the molecule is COc1nc(NC(CCO)C(C)(C)C)ncc1Br. The van der Waals surface area contributed by atoms with Gasteiger partial charge in [-0.05, 0) is 27.8 Å². The summed E-state index contributed by atoms with van der Waals surface area (Å²) < 4.78 is 5.84. The van der Waals surface area contributed by atoms with E-state index in [2.05, 4.69) is 52.0 Å². The molecule has 1 aromatic heterocycles. The molecule has 2 N–H and O–H groups in total. The fourth-order valence-corrected chi connectivity index (χ4v) is 1.92. The number of rotatable bonds is 5. The third kappa shape index (κ3) is 4.10. The standard InChI is InChI=1S/C12H20BrN3O2/c1-12(2,3)9(5-6-17)15-11-14-7-8(13)10(16-11)18-4/h7,9,17H,5-6H2,1-4H3,(H,14,15,16). The van der Waals surface area contributed by atoms with Crippen LogP contribution in [0.3, 0.4) is 0 Å². The Morgan fingerprint density at radius 2 is 2.17 bits per heavy atom. The van der Waals surface area contributed by atoms with E-state index in [4.69, 9.17) is 9.84 Å². The summed E-state index contributed by atoms with van der Waals surface area (Å²) in [7, 11) is 1.56. The Labute approximate surface area is 116 Å². The summed E-state index contributed by atoms with van der Waals surface area (Å²) in [5, 5.41) is 12.3. The predicted octanol–water partition coefficient (Wildman–Crippen LogP) is 2.46. The van der Waals surface area contributed by atoms with E-state index in [1.54, 1.807) is 13.3 Å². The van der Waals surface area contributed by atoms with Gasteiger partial charge in [0.05, 0.1) is 17.8 Å². The van der Waals surface area contributed by atoms with E-state index in [1.165, 1.54) is 0 Å². The molecule has 0 saturated carbocycles. The highest BCUT2D eigenvalue weighted by Crippen LogP contribution is 2.26. The van der Waals surface area contributed by atoms with Gasteiger partial charge in [0.15, 0.2) is 0 Å². The Morgan fingerprint density at radius 1 is 1.50 bits per heavy atom. The maximum absolute atomic E-state index is 9.11. The molecule has 1 aromatic rings. The van der Waals surface area contributed by atoms with Gasteiger partial charge in [-0.25, -0.2) is 4.98 Å². The molecule has 0 radical (unpaired) electrons. The zero-order valence-corrected chi connectivity index (χ0v) is 12.8. The van der Waals surface area contributed by atoms with E-state index in [9.17, 15) is 0 Å². The van der Waals surface area contributed by atoms with Crippen LogP contribution in [-0.2, 0) is 0 Å². The Morgan fingerprint density at radius 3 is 2.67 bits per heavy atom. The van der Waals surface area contributed by atoms with Gasteiger partial charge < -0.3 is 15.2 Å². The molecule has 0 aromatic carbocycles. The Kier molecular flexibility index (Phi) is 5.34. The van der Waals surface area contributed by atoms with Crippen LogP contribution in [0.5, 0.6) is 5.88 Å². The smallest absolute Gasteiger partial charge is 0.232 e. The lowest BCUT2D eigenvalue weighted by atomic mass is 9.85. The number of hydrogen-bond acceptors (Lipinski definition) is 5. The van der Waals surface area contributed by atoms with Crippen molar-refractivity contribution in [1.29, 1.82) is 0 Å². The summed E-state index contributed by atoms with van der Waals surface area (Å²) in [6.45, 7) is 6.45. The molecule has 0 bridgehead atoms. The fraction of sp³-hybridized carbons (Fsp3) is 0.667. The highest BCUT2D eigenvalue weighted by Gasteiger charge is 2.25. The van der Waals surface area contributed by atoms with Gasteiger partial charge in [-0.3, -0.25) is 0 Å². The molecule has 1 rings (SSSR count). The maximum atomic E-state index is 9.11. The second-order valence-electron chi connectivity index (χ2n) is 5.13. The van der Waals surface area contributed by atoms with Crippen molar-refractivity contribution in [2.24, 2.45) is 5.41 Å². The molecule has 1 unspecified atom stereocenters. The van der Waals surface area contributed by atoms with Crippen molar-refractivity contribution < 1.29 is 9.84 Å². The molecule has 102 valence electrons. The van der Waals surface area contributed by atoms with Gasteiger partial charge in [-0.2, -0.15) is 4.98 Å². The number of methoxy groups -OCH3 is 1. The molecule has 6 heteroatoms. The number of nitrogens with zero attached hydrogens (tertiary/aromatic N) is 2. The van der Waals surface area contributed by atoms with Crippen molar-refractivity contribution in [3.05, 3.63) is 10.7 Å². The topological polar surface area (TPSA) is 67.3 Å². The van der Waals surface area contributed by atoms with Crippen LogP contribution >= 0.6 is 15.9 Å². The molecule has 18 heavy (non-hydrogen) atoms. The van der Waals surface area contributed by atoms with Crippen molar-refractivity contribution in [3.63, 3.8) is 0 Å². The van der Waals surface area contributed by atoms with Crippen LogP contribution in [0, 0.1) is 5.41 Å². The molecular weight excluding hydrogens is 298 g/mol. The van der Waals surface area contributed by atoms with Gasteiger partial charge in [0.1, 0.15) is 0 Å². The molecule has 0 aliphatic rings. The van der Waals surface area contributed by atoms with Gasteiger partial charge in [0.2, 0.25) is 11.8 Å². The van der Waals surface area contributed by atoms with Gasteiger partial charge in [-0.1, -0.05) is 20.8 Å². The van der Waals surface area contributed by atoms with Crippen LogP contribution in [0.15, 0.2) is 10.7 Å². The highest BCUT2D eigenvalue weighted by molar-refractivity contribution is 9.10. The monoisotopic (exact) mass is 317 g/mol. The lowest BCUT2D eigenvalue weighted by Crippen LogP contribution is -2.35. The summed E-state index contributed by atoms with van der Waals surface area (Å²) in [5.74, 6) is 0.993. The summed E-state index contributed by atoms with van der Waals surface area (Å²) in [6, 6.07) is 0.0911. The first-order chi connectivity index (χ1) is 8.38. The quantitative estimate of drug-likeness (QED) is 0.873. The van der Waals surface area contributed by atoms with E-state index >= 15 is 0 Å². The Hall–Kier alpha value is -0.880. The first-order valence-corrected chi connectivity index (χ1v) is 6.61. The van der Waals surface area contributed by atoms with Crippen molar-refractivity contribution in [2.45, 2.75) is 33.2 Å². The normalized spacial score (nSPS) is 13.2. The molecule has 1 heterocycles.